The van der Waals surface area contributed by atoms with Gasteiger partial charge < -0.3 is 21.1 Å². The Morgan fingerprint density at radius 3 is 2.50 bits per heavy atom. The van der Waals surface area contributed by atoms with Crippen LogP contribution in [0.25, 0.3) is 0 Å². The molecule has 18 heavy (non-hydrogen) atoms. The highest BCUT2D eigenvalue weighted by Crippen LogP contribution is 2.14. The summed E-state index contributed by atoms with van der Waals surface area (Å²) in [5.74, 6) is 0.129. The Hall–Kier alpha value is -1.89. The molecule has 100 valence electrons. The first-order valence-electron chi connectivity index (χ1n) is 5.35. The van der Waals surface area contributed by atoms with E-state index in [-0.39, 0.29) is 5.75 Å². The van der Waals surface area contributed by atoms with Gasteiger partial charge in [0, 0.05) is 19.6 Å². The number of amides is 2. The lowest BCUT2D eigenvalue weighted by Gasteiger charge is -2.07. The van der Waals surface area contributed by atoms with Crippen molar-refractivity contribution in [2.45, 2.75) is 13.2 Å². The fourth-order valence-electron chi connectivity index (χ4n) is 1.30. The molecular formula is C11H15F2N3O2. The molecule has 1 aromatic rings. The van der Waals surface area contributed by atoms with E-state index < -0.39 is 12.6 Å². The minimum Gasteiger partial charge on any atom is -0.435 e. The molecule has 1 rings (SSSR count). The van der Waals surface area contributed by atoms with Gasteiger partial charge in [0.1, 0.15) is 5.75 Å². The van der Waals surface area contributed by atoms with Crippen LogP contribution in [0.3, 0.4) is 0 Å². The molecule has 0 fully saturated rings. The molecule has 0 heterocycles. The molecule has 0 spiro atoms. The van der Waals surface area contributed by atoms with Gasteiger partial charge in [-0.3, -0.25) is 0 Å². The van der Waals surface area contributed by atoms with Crippen molar-refractivity contribution in [2.24, 2.45) is 5.73 Å². The number of alkyl halides is 2. The number of hydrogen-bond donors (Lipinski definition) is 3. The van der Waals surface area contributed by atoms with E-state index in [1.54, 1.807) is 12.1 Å². The zero-order chi connectivity index (χ0) is 13.4. The summed E-state index contributed by atoms with van der Waals surface area (Å²) in [4.78, 5) is 10.4. The molecule has 0 atom stereocenters. The Bertz CT molecular complexity index is 371. The van der Waals surface area contributed by atoms with Gasteiger partial charge >= 0.3 is 12.6 Å². The number of rotatable bonds is 7. The summed E-state index contributed by atoms with van der Waals surface area (Å²) in [6.07, 6.45) is 0. The van der Waals surface area contributed by atoms with E-state index in [1.165, 1.54) is 12.1 Å². The average Bonchev–Trinajstić information content (AvgIpc) is 2.30. The third-order valence-electron chi connectivity index (χ3n) is 2.08. The maximum Gasteiger partial charge on any atom is 0.387 e. The number of primary amides is 1. The van der Waals surface area contributed by atoms with E-state index in [1.807, 2.05) is 0 Å². The van der Waals surface area contributed by atoms with Gasteiger partial charge in [-0.15, -0.1) is 0 Å². The van der Waals surface area contributed by atoms with Crippen LogP contribution in [0.2, 0.25) is 0 Å². The minimum atomic E-state index is -2.81. The van der Waals surface area contributed by atoms with Crippen LogP contribution in [-0.2, 0) is 6.54 Å². The van der Waals surface area contributed by atoms with Crippen molar-refractivity contribution in [1.82, 2.24) is 10.6 Å². The zero-order valence-corrected chi connectivity index (χ0v) is 9.66. The lowest BCUT2D eigenvalue weighted by molar-refractivity contribution is -0.0498. The fraction of sp³-hybridized carbons (Fsp3) is 0.364. The second kappa shape index (κ2) is 7.44. The molecule has 1 aromatic carbocycles. The highest BCUT2D eigenvalue weighted by molar-refractivity contribution is 5.71. The van der Waals surface area contributed by atoms with E-state index in [0.717, 1.165) is 5.56 Å². The highest BCUT2D eigenvalue weighted by atomic mass is 19.3. The van der Waals surface area contributed by atoms with Crippen LogP contribution in [0.1, 0.15) is 5.56 Å². The standard InChI is InChI=1S/C11H15F2N3O2/c12-10(13)18-9-3-1-8(2-4-9)7-15-5-6-16-11(14)17/h1-4,10,15H,5-7H2,(H3,14,16,17). The minimum absolute atomic E-state index is 0.129. The highest BCUT2D eigenvalue weighted by Gasteiger charge is 2.03. The summed E-state index contributed by atoms with van der Waals surface area (Å²) in [5, 5.41) is 5.49. The lowest BCUT2D eigenvalue weighted by Crippen LogP contribution is -2.35. The summed E-state index contributed by atoms with van der Waals surface area (Å²) in [6.45, 7) is -1.25. The van der Waals surface area contributed by atoms with E-state index in [0.29, 0.717) is 19.6 Å². The number of nitrogens with one attached hydrogen (secondary N) is 2. The third kappa shape index (κ3) is 6.00. The summed E-state index contributed by atoms with van der Waals surface area (Å²) in [5.41, 5.74) is 5.82. The Morgan fingerprint density at radius 2 is 1.94 bits per heavy atom. The molecule has 0 saturated carbocycles. The number of urea groups is 1. The number of carbonyl (C=O) groups excluding carboxylic acids is 1. The molecule has 0 aromatic heterocycles. The van der Waals surface area contributed by atoms with Crippen molar-refractivity contribution in [1.29, 1.82) is 0 Å². The smallest absolute Gasteiger partial charge is 0.387 e. The second-order valence-corrected chi connectivity index (χ2v) is 3.49. The number of ether oxygens (including phenoxy) is 1. The van der Waals surface area contributed by atoms with Gasteiger partial charge in [0.15, 0.2) is 0 Å². The molecule has 0 aliphatic carbocycles. The predicted molar refractivity (Wildman–Crippen MR) is 62.4 cm³/mol. The molecule has 0 aliphatic heterocycles. The first-order chi connectivity index (χ1) is 8.58. The van der Waals surface area contributed by atoms with Gasteiger partial charge in [-0.2, -0.15) is 8.78 Å². The van der Waals surface area contributed by atoms with Crippen LogP contribution in [0.4, 0.5) is 13.6 Å². The van der Waals surface area contributed by atoms with E-state index in [2.05, 4.69) is 15.4 Å². The molecule has 2 amide bonds. The van der Waals surface area contributed by atoms with Crippen molar-refractivity contribution < 1.29 is 18.3 Å². The van der Waals surface area contributed by atoms with Gasteiger partial charge in [-0.05, 0) is 17.7 Å². The Balaban J connectivity index is 2.24. The van der Waals surface area contributed by atoms with E-state index >= 15 is 0 Å². The van der Waals surface area contributed by atoms with Crippen molar-refractivity contribution in [3.05, 3.63) is 29.8 Å². The predicted octanol–water partition coefficient (Wildman–Crippen LogP) is 1.05. The first-order valence-corrected chi connectivity index (χ1v) is 5.35. The van der Waals surface area contributed by atoms with Gasteiger partial charge in [0.2, 0.25) is 0 Å². The van der Waals surface area contributed by atoms with Crippen molar-refractivity contribution in [2.75, 3.05) is 13.1 Å². The molecule has 5 nitrogen and oxygen atoms in total. The quantitative estimate of drug-likeness (QED) is 0.640. The second-order valence-electron chi connectivity index (χ2n) is 3.49. The Labute approximate surface area is 103 Å². The normalized spacial score (nSPS) is 10.4. The van der Waals surface area contributed by atoms with E-state index in [9.17, 15) is 13.6 Å². The molecule has 0 bridgehead atoms. The number of halogens is 2. The van der Waals surface area contributed by atoms with Gasteiger partial charge in [-0.25, -0.2) is 4.79 Å². The maximum absolute atomic E-state index is 11.9. The molecular weight excluding hydrogens is 244 g/mol. The van der Waals surface area contributed by atoms with Crippen LogP contribution in [0.5, 0.6) is 5.75 Å². The summed E-state index contributed by atoms with van der Waals surface area (Å²) in [7, 11) is 0. The van der Waals surface area contributed by atoms with Crippen molar-refractivity contribution in [3.63, 3.8) is 0 Å². The third-order valence-corrected chi connectivity index (χ3v) is 2.08. The van der Waals surface area contributed by atoms with Gasteiger partial charge in [0.05, 0.1) is 0 Å². The summed E-state index contributed by atoms with van der Waals surface area (Å²) in [6, 6.07) is 5.76. The monoisotopic (exact) mass is 259 g/mol. The van der Waals surface area contributed by atoms with Crippen molar-refractivity contribution in [3.8, 4) is 5.75 Å². The number of hydrogen-bond acceptors (Lipinski definition) is 3. The molecule has 0 radical (unpaired) electrons. The average molecular weight is 259 g/mol. The topological polar surface area (TPSA) is 76.4 Å². The maximum atomic E-state index is 11.9. The van der Waals surface area contributed by atoms with Gasteiger partial charge in [0.25, 0.3) is 0 Å². The number of carbonyl (C=O) groups is 1. The number of benzene rings is 1. The summed E-state index contributed by atoms with van der Waals surface area (Å²) < 4.78 is 28.0. The molecule has 0 saturated heterocycles. The first kappa shape index (κ1) is 14.2. The lowest BCUT2D eigenvalue weighted by atomic mass is 10.2. The van der Waals surface area contributed by atoms with Gasteiger partial charge in [-0.1, -0.05) is 12.1 Å². The van der Waals surface area contributed by atoms with Crippen LogP contribution in [0.15, 0.2) is 24.3 Å². The van der Waals surface area contributed by atoms with Crippen LogP contribution >= 0.6 is 0 Å². The molecule has 4 N–H and O–H groups in total. The van der Waals surface area contributed by atoms with Crippen molar-refractivity contribution >= 4 is 6.03 Å². The Morgan fingerprint density at radius 1 is 1.28 bits per heavy atom. The molecule has 0 unspecified atom stereocenters. The Kier molecular flexibility index (Phi) is 5.86. The molecule has 7 heteroatoms. The zero-order valence-electron chi connectivity index (χ0n) is 9.66. The summed E-state index contributed by atoms with van der Waals surface area (Å²) >= 11 is 0. The SMILES string of the molecule is NC(=O)NCCNCc1ccc(OC(F)F)cc1. The van der Waals surface area contributed by atoms with Crippen LogP contribution in [0, 0.1) is 0 Å². The number of nitrogens with two attached hydrogens (primary N) is 1. The van der Waals surface area contributed by atoms with Crippen LogP contribution in [-0.4, -0.2) is 25.7 Å². The molecule has 0 aliphatic rings. The fourth-order valence-corrected chi connectivity index (χ4v) is 1.30. The van der Waals surface area contributed by atoms with Crippen LogP contribution < -0.4 is 21.1 Å². The van der Waals surface area contributed by atoms with E-state index in [4.69, 9.17) is 5.73 Å². The largest absolute Gasteiger partial charge is 0.435 e.